The van der Waals surface area contributed by atoms with E-state index in [2.05, 4.69) is 11.4 Å². The van der Waals surface area contributed by atoms with Crippen LogP contribution in [0.15, 0.2) is 11.4 Å². The Balaban J connectivity index is 1.74. The highest BCUT2D eigenvalue weighted by Gasteiger charge is 2.37. The molecule has 0 radical (unpaired) electrons. The van der Waals surface area contributed by atoms with Crippen molar-refractivity contribution in [2.45, 2.75) is 51.0 Å². The first-order valence-corrected chi connectivity index (χ1v) is 8.55. The molecule has 2 heterocycles. The summed E-state index contributed by atoms with van der Waals surface area (Å²) in [5, 5.41) is 11.2. The normalized spacial score (nSPS) is 29.0. The van der Waals surface area contributed by atoms with E-state index in [1.165, 1.54) is 10.4 Å². The molecule has 0 spiro atoms. The Hall–Kier alpha value is -1.36. The molecule has 1 saturated heterocycles. The second-order valence-electron chi connectivity index (χ2n) is 6.18. The van der Waals surface area contributed by atoms with Crippen molar-refractivity contribution < 1.29 is 14.7 Å². The van der Waals surface area contributed by atoms with E-state index in [0.717, 1.165) is 19.3 Å². The molecule has 1 aromatic heterocycles. The average Bonchev–Trinajstić information content (AvgIpc) is 2.94. The summed E-state index contributed by atoms with van der Waals surface area (Å²) in [6.45, 7) is 2.55. The van der Waals surface area contributed by atoms with Crippen LogP contribution in [0.4, 0.5) is 0 Å². The topological polar surface area (TPSA) is 57.6 Å². The van der Waals surface area contributed by atoms with Gasteiger partial charge in [-0.25, -0.2) is 0 Å². The third-order valence-electron chi connectivity index (χ3n) is 4.86. The summed E-state index contributed by atoms with van der Waals surface area (Å²) in [4.78, 5) is 27.3. The summed E-state index contributed by atoms with van der Waals surface area (Å²) in [7, 11) is 0. The molecule has 3 rings (SSSR count). The molecule has 0 bridgehead atoms. The molecule has 21 heavy (non-hydrogen) atoms. The van der Waals surface area contributed by atoms with Crippen LogP contribution in [0.25, 0.3) is 0 Å². The van der Waals surface area contributed by atoms with Gasteiger partial charge in [0.2, 0.25) is 5.91 Å². The van der Waals surface area contributed by atoms with Crippen LogP contribution >= 0.6 is 11.3 Å². The Kier molecular flexibility index (Phi) is 4.02. The van der Waals surface area contributed by atoms with Gasteiger partial charge in [0.15, 0.2) is 0 Å². The summed E-state index contributed by atoms with van der Waals surface area (Å²) >= 11 is 1.75. The minimum atomic E-state index is -0.730. The number of carbonyl (C=O) groups excluding carboxylic acids is 1. The van der Waals surface area contributed by atoms with Crippen LogP contribution in [-0.2, 0) is 16.0 Å². The van der Waals surface area contributed by atoms with Gasteiger partial charge in [-0.1, -0.05) is 0 Å². The van der Waals surface area contributed by atoms with Gasteiger partial charge >= 0.3 is 5.97 Å². The summed E-state index contributed by atoms with van der Waals surface area (Å²) in [6, 6.07) is 2.12. The van der Waals surface area contributed by atoms with Gasteiger partial charge in [0.25, 0.3) is 0 Å². The van der Waals surface area contributed by atoms with Gasteiger partial charge in [-0.05, 0) is 56.0 Å². The number of aryl methyl sites for hydroxylation is 1. The maximum Gasteiger partial charge on any atom is 0.306 e. The Labute approximate surface area is 128 Å². The molecule has 1 fully saturated rings. The monoisotopic (exact) mass is 307 g/mol. The van der Waals surface area contributed by atoms with E-state index in [4.69, 9.17) is 5.11 Å². The van der Waals surface area contributed by atoms with Gasteiger partial charge in [0.1, 0.15) is 0 Å². The number of aliphatic carboxylic acids is 1. The van der Waals surface area contributed by atoms with Crippen molar-refractivity contribution in [3.8, 4) is 0 Å². The van der Waals surface area contributed by atoms with Crippen molar-refractivity contribution in [1.82, 2.24) is 4.90 Å². The molecule has 1 N–H and O–H groups in total. The second-order valence-corrected chi connectivity index (χ2v) is 7.18. The molecule has 1 aliphatic heterocycles. The SMILES string of the molecule is C[C@@H]1C[C@H](C(=O)O)CCN1C(=O)C1CCCc2sccc21. The van der Waals surface area contributed by atoms with Gasteiger partial charge in [0.05, 0.1) is 11.8 Å². The van der Waals surface area contributed by atoms with E-state index in [9.17, 15) is 9.59 Å². The van der Waals surface area contributed by atoms with Crippen LogP contribution in [0.1, 0.15) is 49.0 Å². The van der Waals surface area contributed by atoms with Crippen molar-refractivity contribution in [2.75, 3.05) is 6.54 Å². The number of carboxylic acids is 1. The predicted molar refractivity (Wildman–Crippen MR) is 81.5 cm³/mol. The lowest BCUT2D eigenvalue weighted by Crippen LogP contribution is -2.48. The number of carbonyl (C=O) groups is 2. The van der Waals surface area contributed by atoms with Crippen molar-refractivity contribution in [3.63, 3.8) is 0 Å². The fraction of sp³-hybridized carbons (Fsp3) is 0.625. The first-order chi connectivity index (χ1) is 10.1. The number of fused-ring (bicyclic) bond motifs is 1. The summed E-state index contributed by atoms with van der Waals surface area (Å²) in [5.41, 5.74) is 1.21. The van der Waals surface area contributed by atoms with Gasteiger partial charge in [-0.2, -0.15) is 0 Å². The zero-order valence-corrected chi connectivity index (χ0v) is 13.1. The van der Waals surface area contributed by atoms with Crippen LogP contribution in [-0.4, -0.2) is 34.5 Å². The highest BCUT2D eigenvalue weighted by Crippen LogP contribution is 2.37. The van der Waals surface area contributed by atoms with Crippen molar-refractivity contribution in [2.24, 2.45) is 5.92 Å². The van der Waals surface area contributed by atoms with E-state index < -0.39 is 5.97 Å². The molecule has 3 atom stereocenters. The quantitative estimate of drug-likeness (QED) is 0.914. The van der Waals surface area contributed by atoms with Gasteiger partial charge in [0, 0.05) is 17.5 Å². The molecule has 5 heteroatoms. The smallest absolute Gasteiger partial charge is 0.306 e. The first-order valence-electron chi connectivity index (χ1n) is 7.67. The van der Waals surface area contributed by atoms with Crippen LogP contribution < -0.4 is 0 Å². The molecule has 1 aromatic rings. The molecule has 0 saturated carbocycles. The molecule has 1 aliphatic carbocycles. The Bertz CT molecular complexity index is 553. The van der Waals surface area contributed by atoms with Crippen molar-refractivity contribution in [3.05, 3.63) is 21.9 Å². The molecule has 2 aliphatic rings. The lowest BCUT2D eigenvalue weighted by molar-refractivity contribution is -0.148. The van der Waals surface area contributed by atoms with Crippen LogP contribution in [0, 0.1) is 5.92 Å². The third kappa shape index (κ3) is 2.71. The van der Waals surface area contributed by atoms with E-state index in [0.29, 0.717) is 19.4 Å². The number of hydrogen-bond donors (Lipinski definition) is 1. The van der Waals surface area contributed by atoms with Gasteiger partial charge in [-0.15, -0.1) is 11.3 Å². The maximum atomic E-state index is 12.9. The first kappa shape index (κ1) is 14.6. The Morgan fingerprint density at radius 1 is 1.38 bits per heavy atom. The summed E-state index contributed by atoms with van der Waals surface area (Å²) in [6.07, 6.45) is 4.24. The van der Waals surface area contributed by atoms with E-state index in [-0.39, 0.29) is 23.8 Å². The molecule has 4 nitrogen and oxygen atoms in total. The fourth-order valence-electron chi connectivity index (χ4n) is 3.67. The number of nitrogens with zero attached hydrogens (tertiary/aromatic N) is 1. The number of piperidine rings is 1. The molecular weight excluding hydrogens is 286 g/mol. The van der Waals surface area contributed by atoms with Gasteiger partial charge < -0.3 is 10.0 Å². The van der Waals surface area contributed by atoms with Crippen LogP contribution in [0.5, 0.6) is 0 Å². The highest BCUT2D eigenvalue weighted by molar-refractivity contribution is 7.10. The number of likely N-dealkylation sites (tertiary alicyclic amines) is 1. The molecule has 1 amide bonds. The maximum absolute atomic E-state index is 12.9. The molecule has 114 valence electrons. The second kappa shape index (κ2) is 5.79. The van der Waals surface area contributed by atoms with E-state index in [1.54, 1.807) is 11.3 Å². The van der Waals surface area contributed by atoms with Crippen molar-refractivity contribution >= 4 is 23.2 Å². The summed E-state index contributed by atoms with van der Waals surface area (Å²) in [5.74, 6) is -0.839. The third-order valence-corrected chi connectivity index (χ3v) is 5.86. The molecular formula is C16H21NO3S. The predicted octanol–water partition coefficient (Wildman–Crippen LogP) is 2.88. The largest absolute Gasteiger partial charge is 0.481 e. The Morgan fingerprint density at radius 2 is 2.19 bits per heavy atom. The summed E-state index contributed by atoms with van der Waals surface area (Å²) < 4.78 is 0. The minimum absolute atomic E-state index is 0.0103. The van der Waals surface area contributed by atoms with E-state index >= 15 is 0 Å². The fourth-order valence-corrected chi connectivity index (χ4v) is 4.65. The number of carboxylic acid groups (broad SMARTS) is 1. The number of thiophene rings is 1. The van der Waals surface area contributed by atoms with Crippen LogP contribution in [0.3, 0.4) is 0 Å². The van der Waals surface area contributed by atoms with Crippen LogP contribution in [0.2, 0.25) is 0 Å². The number of rotatable bonds is 2. The molecule has 0 aromatic carbocycles. The Morgan fingerprint density at radius 3 is 2.90 bits per heavy atom. The van der Waals surface area contributed by atoms with E-state index in [1.807, 2.05) is 11.8 Å². The zero-order chi connectivity index (χ0) is 15.0. The standard InChI is InChI=1S/C16H21NO3S/c1-10-9-11(16(19)20)5-7-17(10)15(18)13-3-2-4-14-12(13)6-8-21-14/h6,8,10-11,13H,2-5,7,9H2,1H3,(H,19,20)/t10-,11-,13?/m1/s1. The van der Waals surface area contributed by atoms with Gasteiger partial charge in [-0.3, -0.25) is 9.59 Å². The average molecular weight is 307 g/mol. The lowest BCUT2D eigenvalue weighted by atomic mass is 9.84. The minimum Gasteiger partial charge on any atom is -0.481 e. The zero-order valence-electron chi connectivity index (χ0n) is 12.2. The number of hydrogen-bond acceptors (Lipinski definition) is 3. The van der Waals surface area contributed by atoms with Crippen molar-refractivity contribution in [1.29, 1.82) is 0 Å². The highest BCUT2D eigenvalue weighted by atomic mass is 32.1. The number of amides is 1. The molecule has 1 unspecified atom stereocenters. The lowest BCUT2D eigenvalue weighted by Gasteiger charge is -2.39.